The summed E-state index contributed by atoms with van der Waals surface area (Å²) < 4.78 is 21.1. The van der Waals surface area contributed by atoms with Crippen LogP contribution in [-0.4, -0.2) is 51.2 Å². The number of hydrogen-bond acceptors (Lipinski definition) is 9. The van der Waals surface area contributed by atoms with Crippen LogP contribution in [0.1, 0.15) is 23.2 Å². The summed E-state index contributed by atoms with van der Waals surface area (Å²) in [7, 11) is 0. The Bertz CT molecular complexity index is 1330. The van der Waals surface area contributed by atoms with E-state index in [1.54, 1.807) is 31.0 Å². The second-order valence-corrected chi connectivity index (χ2v) is 8.33. The highest BCUT2D eigenvalue weighted by atomic mass is 16.6. The second-order valence-electron chi connectivity index (χ2n) is 8.33. The SMILES string of the molecule is C.Nc1ccc2c(c1)N(Cc1cnc[nH]1)CCO2.O=[N+]([O-])c1ccc2c(c1)N(Cc1cnc[nH]1)CCO2.[2HH].[2H][2H]. The fraction of sp³-hybridized carbons (Fsp3) is 0.280. The first kappa shape index (κ1) is 24.0. The number of nitrogens with one attached hydrogen (secondary N) is 2. The molecular weight excluding hydrogens is 476 g/mol. The van der Waals surface area contributed by atoms with Crippen LogP contribution < -0.4 is 25.0 Å². The van der Waals surface area contributed by atoms with Crippen LogP contribution in [0.4, 0.5) is 22.7 Å². The minimum Gasteiger partial charge on any atom is -0.490 e. The molecule has 0 aliphatic carbocycles. The van der Waals surface area contributed by atoms with E-state index in [0.717, 1.165) is 47.3 Å². The molecule has 4 N–H and O–H groups in total. The molecule has 0 bridgehead atoms. The third-order valence-corrected chi connectivity index (χ3v) is 5.89. The number of nitro groups is 1. The van der Waals surface area contributed by atoms with Gasteiger partial charge in [-0.15, -0.1) is 0 Å². The van der Waals surface area contributed by atoms with E-state index in [0.29, 0.717) is 32.1 Å². The monoisotopic (exact) mass is 513 g/mol. The predicted molar refractivity (Wildman–Crippen MR) is 145 cm³/mol. The molecular formula is C25H34N8O4. The van der Waals surface area contributed by atoms with Gasteiger partial charge in [-0.1, -0.05) is 7.43 Å². The maximum absolute atomic E-state index is 10.8. The number of rotatable bonds is 5. The summed E-state index contributed by atoms with van der Waals surface area (Å²) in [4.78, 5) is 28.8. The van der Waals surface area contributed by atoms with Crippen LogP contribution in [0, 0.1) is 10.1 Å². The van der Waals surface area contributed by atoms with Crippen LogP contribution in [0.15, 0.2) is 61.4 Å². The minimum absolute atomic E-state index is 0. The van der Waals surface area contributed by atoms with Gasteiger partial charge in [0.25, 0.3) is 5.69 Å². The Hall–Kier alpha value is -4.74. The molecule has 0 saturated carbocycles. The number of aromatic amines is 2. The molecule has 0 radical (unpaired) electrons. The standard InChI is InChI=1S/C12H12N4O3.C12H14N4O.CH4.2H2/c17-16(18)10-1-2-12-11(5-10)15(3-4-19-12)7-9-6-13-8-14-9;13-9-1-2-12-11(5-9)16(3-4-17-12)7-10-6-14-8-15-10;;;/h1-2,5-6,8H,3-4,7H2,(H,13,14);1-2,5-6,8H,3-4,7,13H2,(H,14,15);1H4;2*1H/i;;;1+1D;1+1. The first-order valence-corrected chi connectivity index (χ1v) is 11.4. The zero-order chi connectivity index (χ0) is 26.9. The van der Waals surface area contributed by atoms with Gasteiger partial charge in [-0.2, -0.15) is 0 Å². The molecule has 0 unspecified atom stereocenters. The number of benzene rings is 2. The Labute approximate surface area is 218 Å². The van der Waals surface area contributed by atoms with Crippen LogP contribution in [0.5, 0.6) is 11.5 Å². The van der Waals surface area contributed by atoms with Crippen molar-refractivity contribution in [2.24, 2.45) is 0 Å². The summed E-state index contributed by atoms with van der Waals surface area (Å²) in [5.41, 5.74) is 10.5. The Morgan fingerprint density at radius 3 is 2.00 bits per heavy atom. The summed E-state index contributed by atoms with van der Waals surface area (Å²) in [5.74, 6) is 1.57. The van der Waals surface area contributed by atoms with E-state index >= 15 is 0 Å². The van der Waals surface area contributed by atoms with Gasteiger partial charge in [-0.25, -0.2) is 9.97 Å². The Morgan fingerprint density at radius 2 is 1.49 bits per heavy atom. The maximum Gasteiger partial charge on any atom is 0.271 e. The molecule has 37 heavy (non-hydrogen) atoms. The number of non-ortho nitro benzene ring substituents is 1. The summed E-state index contributed by atoms with van der Waals surface area (Å²) in [6.07, 6.45) is 6.88. The molecule has 0 atom stereocenters. The topological polar surface area (TPSA) is 151 Å². The molecule has 6 rings (SSSR count). The molecule has 198 valence electrons. The number of nitrogens with zero attached hydrogens (tertiary/aromatic N) is 5. The molecule has 0 spiro atoms. The number of H-pyrrole nitrogens is 2. The molecule has 2 aliphatic heterocycles. The van der Waals surface area contributed by atoms with E-state index in [1.807, 2.05) is 29.3 Å². The number of imidazole rings is 2. The third-order valence-electron chi connectivity index (χ3n) is 5.89. The van der Waals surface area contributed by atoms with Gasteiger partial charge in [0.15, 0.2) is 0 Å². The van der Waals surface area contributed by atoms with Crippen molar-refractivity contribution in [3.8, 4) is 11.5 Å². The molecule has 12 heteroatoms. The lowest BCUT2D eigenvalue weighted by atomic mass is 10.2. The first-order chi connectivity index (χ1) is 18.6. The number of fused-ring (bicyclic) bond motifs is 2. The van der Waals surface area contributed by atoms with Crippen LogP contribution in [0.2, 0.25) is 0 Å². The number of nitrogens with two attached hydrogens (primary N) is 1. The van der Waals surface area contributed by atoms with Gasteiger partial charge in [0.1, 0.15) is 24.7 Å². The zero-order valence-corrected chi connectivity index (χ0v) is 19.5. The van der Waals surface area contributed by atoms with Gasteiger partial charge >= 0.3 is 0 Å². The Morgan fingerprint density at radius 1 is 0.946 bits per heavy atom. The molecule has 12 nitrogen and oxygen atoms in total. The quantitative estimate of drug-likeness (QED) is 0.202. The smallest absolute Gasteiger partial charge is 0.271 e. The van der Waals surface area contributed by atoms with Crippen molar-refractivity contribution in [2.45, 2.75) is 20.5 Å². The highest BCUT2D eigenvalue weighted by Gasteiger charge is 2.22. The number of aromatic nitrogens is 4. The largest absolute Gasteiger partial charge is 0.490 e. The average molecular weight is 514 g/mol. The van der Waals surface area contributed by atoms with E-state index < -0.39 is 4.92 Å². The van der Waals surface area contributed by atoms with Gasteiger partial charge < -0.3 is 35.0 Å². The summed E-state index contributed by atoms with van der Waals surface area (Å²) >= 11 is 0. The van der Waals surface area contributed by atoms with Crippen LogP contribution in [-0.2, 0) is 13.1 Å². The molecule has 0 saturated heterocycles. The van der Waals surface area contributed by atoms with Crippen molar-refractivity contribution in [1.29, 1.82) is 0 Å². The van der Waals surface area contributed by atoms with Crippen LogP contribution >= 0.6 is 0 Å². The normalized spacial score (nSPS) is 13.8. The van der Waals surface area contributed by atoms with Crippen molar-refractivity contribution in [1.82, 2.24) is 19.9 Å². The summed E-state index contributed by atoms with van der Waals surface area (Å²) in [6, 6.07) is 10.4. The lowest BCUT2D eigenvalue weighted by molar-refractivity contribution is -0.384. The lowest BCUT2D eigenvalue weighted by Crippen LogP contribution is -2.32. The number of anilines is 3. The first-order valence-electron chi connectivity index (χ1n) is 12.4. The molecule has 2 aromatic carbocycles. The van der Waals surface area contributed by atoms with E-state index in [-0.39, 0.29) is 14.5 Å². The lowest BCUT2D eigenvalue weighted by Gasteiger charge is -2.31. The van der Waals surface area contributed by atoms with Crippen molar-refractivity contribution in [2.75, 3.05) is 41.8 Å². The van der Waals surface area contributed by atoms with Gasteiger partial charge in [0.05, 0.1) is 66.5 Å². The highest BCUT2D eigenvalue weighted by molar-refractivity contribution is 5.66. The van der Waals surface area contributed by atoms with Crippen LogP contribution in [0.3, 0.4) is 0 Å². The van der Waals surface area contributed by atoms with Gasteiger partial charge in [-0.3, -0.25) is 10.1 Å². The molecule has 0 fully saturated rings. The van der Waals surface area contributed by atoms with Gasteiger partial charge in [0.2, 0.25) is 0 Å². The molecule has 2 aromatic heterocycles. The van der Waals surface area contributed by atoms with Crippen molar-refractivity contribution < 1.29 is 18.8 Å². The van der Waals surface area contributed by atoms with E-state index in [9.17, 15) is 10.1 Å². The maximum atomic E-state index is 10.8. The van der Waals surface area contributed by atoms with E-state index in [4.69, 9.17) is 18.2 Å². The van der Waals surface area contributed by atoms with Crippen LogP contribution in [0.25, 0.3) is 0 Å². The predicted octanol–water partition coefficient (Wildman–Crippen LogP) is 4.24. The molecule has 0 amide bonds. The van der Waals surface area contributed by atoms with Crippen molar-refractivity contribution in [3.63, 3.8) is 0 Å². The molecule has 4 aromatic rings. The highest BCUT2D eigenvalue weighted by Crippen LogP contribution is 2.36. The minimum atomic E-state index is -0.400. The fourth-order valence-electron chi connectivity index (χ4n) is 4.15. The Kier molecular flexibility index (Phi) is 7.34. The molecule has 4 heterocycles. The zero-order valence-electron chi connectivity index (χ0n) is 21.5. The van der Waals surface area contributed by atoms with Crippen molar-refractivity contribution in [3.05, 3.63) is 82.9 Å². The van der Waals surface area contributed by atoms with E-state index in [2.05, 4.69) is 24.8 Å². The average Bonchev–Trinajstić information content (AvgIpc) is 3.65. The molecule has 2 aliphatic rings. The number of nitrogen functional groups attached to an aromatic ring is 1. The second kappa shape index (κ2) is 11.3. The summed E-state index contributed by atoms with van der Waals surface area (Å²) in [6.45, 7) is 4.23. The number of hydrogen-bond donors (Lipinski definition) is 3. The van der Waals surface area contributed by atoms with Gasteiger partial charge in [0, 0.05) is 34.6 Å². The Balaban J connectivity index is 0.000000253. The van der Waals surface area contributed by atoms with E-state index in [1.165, 1.54) is 6.07 Å². The number of nitro benzene ring substituents is 1. The number of ether oxygens (including phenoxy) is 2. The van der Waals surface area contributed by atoms with Gasteiger partial charge in [-0.05, 0) is 24.3 Å². The summed E-state index contributed by atoms with van der Waals surface area (Å²) in [5, 5.41) is 10.8. The van der Waals surface area contributed by atoms with Crippen molar-refractivity contribution >= 4 is 22.7 Å². The fourth-order valence-corrected chi connectivity index (χ4v) is 4.15. The third kappa shape index (κ3) is 5.92.